The standard InChI is InChI=1S/C26H33ClN4O2/c1-18(2)31(19(3)4)26(33)17-30-23-9-6-5-8-22(23)29-24(30)10-7-15-28-25(32)16-20-11-13-21(27)14-12-20/h5-6,8-9,11-14,18-19H,7,10,15-17H2,1-4H3,(H,28,32). The van der Waals surface area contributed by atoms with Crippen LogP contribution in [0.2, 0.25) is 5.02 Å². The maximum Gasteiger partial charge on any atom is 0.243 e. The smallest absolute Gasteiger partial charge is 0.243 e. The van der Waals surface area contributed by atoms with Crippen molar-refractivity contribution in [2.75, 3.05) is 6.54 Å². The lowest BCUT2D eigenvalue weighted by atomic mass is 10.1. The van der Waals surface area contributed by atoms with Gasteiger partial charge in [0.15, 0.2) is 0 Å². The number of amides is 2. The van der Waals surface area contributed by atoms with Gasteiger partial charge in [-0.2, -0.15) is 0 Å². The number of nitrogens with one attached hydrogen (secondary N) is 1. The van der Waals surface area contributed by atoms with Crippen molar-refractivity contribution in [3.8, 4) is 0 Å². The number of halogens is 1. The van der Waals surface area contributed by atoms with E-state index in [-0.39, 0.29) is 30.4 Å². The minimum absolute atomic E-state index is 0.0227. The third-order valence-corrected chi connectivity index (χ3v) is 5.86. The molecule has 176 valence electrons. The van der Waals surface area contributed by atoms with Crippen LogP contribution in [0.25, 0.3) is 11.0 Å². The molecule has 2 aromatic carbocycles. The van der Waals surface area contributed by atoms with Crippen LogP contribution >= 0.6 is 11.6 Å². The van der Waals surface area contributed by atoms with Crippen molar-refractivity contribution in [3.05, 3.63) is 64.9 Å². The summed E-state index contributed by atoms with van der Waals surface area (Å²) in [6.45, 7) is 8.97. The molecule has 1 N–H and O–H groups in total. The molecule has 0 aliphatic rings. The number of imidazole rings is 1. The molecule has 6 nitrogen and oxygen atoms in total. The Morgan fingerprint density at radius 3 is 2.36 bits per heavy atom. The summed E-state index contributed by atoms with van der Waals surface area (Å²) in [5.41, 5.74) is 2.77. The van der Waals surface area contributed by atoms with Crippen LogP contribution in [-0.2, 0) is 29.0 Å². The van der Waals surface area contributed by atoms with E-state index in [4.69, 9.17) is 16.6 Å². The number of aryl methyl sites for hydroxylation is 1. The van der Waals surface area contributed by atoms with Crippen molar-refractivity contribution in [1.29, 1.82) is 0 Å². The van der Waals surface area contributed by atoms with Crippen LogP contribution in [0.3, 0.4) is 0 Å². The molecule has 0 radical (unpaired) electrons. The number of aromatic nitrogens is 2. The Balaban J connectivity index is 1.63. The summed E-state index contributed by atoms with van der Waals surface area (Å²) in [5.74, 6) is 0.926. The summed E-state index contributed by atoms with van der Waals surface area (Å²) < 4.78 is 2.02. The molecular weight excluding hydrogens is 436 g/mol. The maximum absolute atomic E-state index is 13.1. The molecule has 7 heteroatoms. The third kappa shape index (κ3) is 6.57. The van der Waals surface area contributed by atoms with Crippen LogP contribution < -0.4 is 5.32 Å². The van der Waals surface area contributed by atoms with Gasteiger partial charge in [0, 0.05) is 30.1 Å². The zero-order valence-electron chi connectivity index (χ0n) is 19.8. The van der Waals surface area contributed by atoms with Gasteiger partial charge >= 0.3 is 0 Å². The van der Waals surface area contributed by atoms with Crippen molar-refractivity contribution >= 4 is 34.4 Å². The van der Waals surface area contributed by atoms with Crippen LogP contribution in [0, 0.1) is 0 Å². The fourth-order valence-corrected chi connectivity index (χ4v) is 4.33. The first-order chi connectivity index (χ1) is 15.8. The highest BCUT2D eigenvalue weighted by Gasteiger charge is 2.22. The molecule has 1 heterocycles. The van der Waals surface area contributed by atoms with Gasteiger partial charge in [0.05, 0.1) is 17.5 Å². The highest BCUT2D eigenvalue weighted by molar-refractivity contribution is 6.30. The van der Waals surface area contributed by atoms with Crippen LogP contribution in [0.15, 0.2) is 48.5 Å². The van der Waals surface area contributed by atoms with E-state index >= 15 is 0 Å². The van der Waals surface area contributed by atoms with Gasteiger partial charge in [-0.3, -0.25) is 9.59 Å². The summed E-state index contributed by atoms with van der Waals surface area (Å²) >= 11 is 5.90. The van der Waals surface area contributed by atoms with Gasteiger partial charge < -0.3 is 14.8 Å². The fraction of sp³-hybridized carbons (Fsp3) is 0.423. The molecule has 0 bridgehead atoms. The van der Waals surface area contributed by atoms with Crippen LogP contribution in [-0.4, -0.2) is 44.9 Å². The second-order valence-electron chi connectivity index (χ2n) is 8.85. The minimum Gasteiger partial charge on any atom is -0.356 e. The van der Waals surface area contributed by atoms with Crippen LogP contribution in [0.1, 0.15) is 45.5 Å². The lowest BCUT2D eigenvalue weighted by Crippen LogP contribution is -2.43. The average Bonchev–Trinajstić information content (AvgIpc) is 3.09. The molecule has 33 heavy (non-hydrogen) atoms. The monoisotopic (exact) mass is 468 g/mol. The molecule has 0 fully saturated rings. The summed E-state index contributed by atoms with van der Waals surface area (Å²) in [4.78, 5) is 32.1. The predicted molar refractivity (Wildman–Crippen MR) is 133 cm³/mol. The number of fused-ring (bicyclic) bond motifs is 1. The number of carbonyl (C=O) groups is 2. The molecule has 0 atom stereocenters. The number of carbonyl (C=O) groups excluding carboxylic acids is 2. The molecule has 2 amide bonds. The van der Waals surface area contributed by atoms with Crippen molar-refractivity contribution < 1.29 is 9.59 Å². The SMILES string of the molecule is CC(C)N(C(=O)Cn1c(CCCNC(=O)Cc2ccc(Cl)cc2)nc2ccccc21)C(C)C. The van der Waals surface area contributed by atoms with E-state index < -0.39 is 0 Å². The number of nitrogens with zero attached hydrogens (tertiary/aromatic N) is 3. The molecule has 0 aliphatic carbocycles. The third-order valence-electron chi connectivity index (χ3n) is 5.60. The van der Waals surface area contributed by atoms with Gasteiger partial charge in [0.25, 0.3) is 0 Å². The lowest BCUT2D eigenvalue weighted by Gasteiger charge is -2.31. The molecule has 0 saturated carbocycles. The fourth-order valence-electron chi connectivity index (χ4n) is 4.21. The molecule has 3 rings (SSSR count). The van der Waals surface area contributed by atoms with E-state index in [1.807, 2.05) is 73.6 Å². The van der Waals surface area contributed by atoms with Gasteiger partial charge in [0.1, 0.15) is 12.4 Å². The minimum atomic E-state index is -0.0227. The second-order valence-corrected chi connectivity index (χ2v) is 9.28. The summed E-state index contributed by atoms with van der Waals surface area (Å²) in [6.07, 6.45) is 1.74. The number of hydrogen-bond donors (Lipinski definition) is 1. The van der Waals surface area contributed by atoms with Gasteiger partial charge in [-0.15, -0.1) is 0 Å². The van der Waals surface area contributed by atoms with Gasteiger partial charge in [-0.25, -0.2) is 4.98 Å². The topological polar surface area (TPSA) is 67.2 Å². The second kappa shape index (κ2) is 11.3. The Labute approximate surface area is 200 Å². The Kier molecular flexibility index (Phi) is 8.50. The summed E-state index contributed by atoms with van der Waals surface area (Å²) in [5, 5.41) is 3.63. The van der Waals surface area contributed by atoms with Gasteiger partial charge in [0.2, 0.25) is 11.8 Å². The normalized spacial score (nSPS) is 11.4. The van der Waals surface area contributed by atoms with E-state index in [1.54, 1.807) is 12.1 Å². The number of rotatable bonds is 10. The molecule has 3 aromatic rings. The first-order valence-electron chi connectivity index (χ1n) is 11.5. The highest BCUT2D eigenvalue weighted by atomic mass is 35.5. The van der Waals surface area contributed by atoms with Gasteiger partial charge in [-0.05, 0) is 63.9 Å². The van der Waals surface area contributed by atoms with Crippen molar-refractivity contribution in [2.45, 2.75) is 65.6 Å². The summed E-state index contributed by atoms with van der Waals surface area (Å²) in [6, 6.07) is 15.4. The number of benzene rings is 2. The van der Waals surface area contributed by atoms with Gasteiger partial charge in [-0.1, -0.05) is 35.9 Å². The zero-order chi connectivity index (χ0) is 24.0. The van der Waals surface area contributed by atoms with E-state index in [1.165, 1.54) is 0 Å². The first-order valence-corrected chi connectivity index (χ1v) is 11.9. The Morgan fingerprint density at radius 2 is 1.70 bits per heavy atom. The van der Waals surface area contributed by atoms with E-state index in [9.17, 15) is 9.59 Å². The van der Waals surface area contributed by atoms with Crippen LogP contribution in [0.5, 0.6) is 0 Å². The quantitative estimate of drug-likeness (QED) is 0.441. The zero-order valence-corrected chi connectivity index (χ0v) is 20.6. The Morgan fingerprint density at radius 1 is 1.03 bits per heavy atom. The molecule has 0 spiro atoms. The Bertz CT molecular complexity index is 1080. The van der Waals surface area contributed by atoms with E-state index in [0.717, 1.165) is 28.8 Å². The maximum atomic E-state index is 13.1. The van der Waals surface area contributed by atoms with Crippen molar-refractivity contribution in [1.82, 2.24) is 19.8 Å². The lowest BCUT2D eigenvalue weighted by molar-refractivity contribution is -0.135. The summed E-state index contributed by atoms with van der Waals surface area (Å²) in [7, 11) is 0. The molecular formula is C26H33ClN4O2. The molecule has 0 aliphatic heterocycles. The molecule has 0 unspecified atom stereocenters. The average molecular weight is 469 g/mol. The van der Waals surface area contributed by atoms with Crippen molar-refractivity contribution in [2.24, 2.45) is 0 Å². The molecule has 0 saturated heterocycles. The van der Waals surface area contributed by atoms with E-state index in [2.05, 4.69) is 5.32 Å². The van der Waals surface area contributed by atoms with Crippen molar-refractivity contribution in [3.63, 3.8) is 0 Å². The number of para-hydroxylation sites is 2. The number of hydrogen-bond acceptors (Lipinski definition) is 3. The largest absolute Gasteiger partial charge is 0.356 e. The van der Waals surface area contributed by atoms with E-state index in [0.29, 0.717) is 24.4 Å². The predicted octanol–water partition coefficient (Wildman–Crippen LogP) is 4.63. The molecule has 1 aromatic heterocycles. The first kappa shape index (κ1) is 24.8. The Hall–Kier alpha value is -2.86. The van der Waals surface area contributed by atoms with Crippen LogP contribution in [0.4, 0.5) is 0 Å². The highest BCUT2D eigenvalue weighted by Crippen LogP contribution is 2.18.